The van der Waals surface area contributed by atoms with Gasteiger partial charge in [-0.25, -0.2) is 9.79 Å². The summed E-state index contributed by atoms with van der Waals surface area (Å²) in [6.07, 6.45) is 1.59. The predicted molar refractivity (Wildman–Crippen MR) is 134 cm³/mol. The number of aryl methyl sites for hydroxylation is 1. The molecule has 180 valence electrons. The minimum absolute atomic E-state index is 0.168. The number of nitrogens with zero attached hydrogens (tertiary/aromatic N) is 1. The summed E-state index contributed by atoms with van der Waals surface area (Å²) in [5.74, 6) is 1.91. The van der Waals surface area contributed by atoms with Gasteiger partial charge in [0.25, 0.3) is 0 Å². The van der Waals surface area contributed by atoms with Crippen LogP contribution in [0.3, 0.4) is 0 Å². The summed E-state index contributed by atoms with van der Waals surface area (Å²) < 4.78 is 27.5. The Balaban J connectivity index is 1.47. The average molecular weight is 494 g/mol. The van der Waals surface area contributed by atoms with Gasteiger partial charge in [0.2, 0.25) is 5.90 Å². The van der Waals surface area contributed by atoms with Gasteiger partial charge in [-0.2, -0.15) is 0 Å². The Morgan fingerprint density at radius 3 is 2.49 bits per heavy atom. The molecule has 1 aliphatic rings. The van der Waals surface area contributed by atoms with Crippen LogP contribution < -0.4 is 18.9 Å². The van der Waals surface area contributed by atoms with E-state index in [9.17, 15) is 4.79 Å². The summed E-state index contributed by atoms with van der Waals surface area (Å²) in [4.78, 5) is 16.8. The molecule has 0 unspecified atom stereocenters. The van der Waals surface area contributed by atoms with Crippen molar-refractivity contribution in [1.82, 2.24) is 0 Å². The number of cyclic esters (lactones) is 1. The van der Waals surface area contributed by atoms with E-state index >= 15 is 0 Å². The van der Waals surface area contributed by atoms with Crippen molar-refractivity contribution < 1.29 is 28.5 Å². The van der Waals surface area contributed by atoms with Crippen LogP contribution in [0.5, 0.6) is 23.0 Å². The summed E-state index contributed by atoms with van der Waals surface area (Å²) in [5, 5.41) is 0.326. The molecule has 0 spiro atoms. The molecule has 0 saturated carbocycles. The lowest BCUT2D eigenvalue weighted by atomic mass is 10.1. The first-order chi connectivity index (χ1) is 17.0. The zero-order valence-electron chi connectivity index (χ0n) is 19.5. The first-order valence-corrected chi connectivity index (χ1v) is 11.2. The maximum absolute atomic E-state index is 12.4. The molecule has 0 atom stereocenters. The number of rotatable bonds is 9. The Labute approximate surface area is 208 Å². The van der Waals surface area contributed by atoms with Gasteiger partial charge in [-0.1, -0.05) is 35.9 Å². The van der Waals surface area contributed by atoms with Crippen LogP contribution >= 0.6 is 11.6 Å². The highest BCUT2D eigenvalue weighted by Gasteiger charge is 2.25. The molecule has 0 amide bonds. The molecule has 7 nitrogen and oxygen atoms in total. The van der Waals surface area contributed by atoms with Gasteiger partial charge in [0.1, 0.15) is 24.7 Å². The normalized spacial score (nSPS) is 13.9. The third kappa shape index (κ3) is 5.75. The molecular formula is C27H24ClNO6. The molecule has 3 aromatic carbocycles. The highest BCUT2D eigenvalue weighted by molar-refractivity contribution is 6.32. The number of carbonyl (C=O) groups excluding carboxylic acids is 1. The van der Waals surface area contributed by atoms with Crippen LogP contribution in [0.2, 0.25) is 5.02 Å². The van der Waals surface area contributed by atoms with Gasteiger partial charge in [-0.3, -0.25) is 0 Å². The first-order valence-electron chi connectivity index (χ1n) is 10.8. The van der Waals surface area contributed by atoms with E-state index in [2.05, 4.69) is 4.99 Å². The molecule has 3 aromatic rings. The van der Waals surface area contributed by atoms with Gasteiger partial charge in [-0.15, -0.1) is 0 Å². The van der Waals surface area contributed by atoms with Crippen molar-refractivity contribution in [3.05, 3.63) is 88.1 Å². The SMILES string of the molecule is COc1cccc(OCCOc2c(Cl)cc(/C=C3/N=C(c4ccccc4C)OC3=O)cc2OC)c1. The lowest BCUT2D eigenvalue weighted by Crippen LogP contribution is -2.10. The lowest BCUT2D eigenvalue weighted by Gasteiger charge is -2.14. The highest BCUT2D eigenvalue weighted by atomic mass is 35.5. The number of esters is 1. The van der Waals surface area contributed by atoms with Crippen LogP contribution in [-0.2, 0) is 9.53 Å². The third-order valence-electron chi connectivity index (χ3n) is 5.19. The largest absolute Gasteiger partial charge is 0.497 e. The van der Waals surface area contributed by atoms with E-state index in [0.29, 0.717) is 40.2 Å². The van der Waals surface area contributed by atoms with Crippen LogP contribution in [0.1, 0.15) is 16.7 Å². The number of ether oxygens (including phenoxy) is 5. The highest BCUT2D eigenvalue weighted by Crippen LogP contribution is 2.37. The Morgan fingerprint density at radius 2 is 1.71 bits per heavy atom. The summed E-state index contributed by atoms with van der Waals surface area (Å²) in [7, 11) is 3.11. The van der Waals surface area contributed by atoms with Gasteiger partial charge in [0.05, 0.1) is 19.2 Å². The number of hydrogen-bond donors (Lipinski definition) is 0. The number of aliphatic imine (C=N–C) groups is 1. The fourth-order valence-electron chi connectivity index (χ4n) is 3.45. The van der Waals surface area contributed by atoms with Crippen LogP contribution in [-0.4, -0.2) is 39.3 Å². The molecule has 35 heavy (non-hydrogen) atoms. The molecule has 0 aliphatic carbocycles. The third-order valence-corrected chi connectivity index (χ3v) is 5.47. The fraction of sp³-hybridized carbons (Fsp3) is 0.185. The number of carbonyl (C=O) groups is 1. The number of benzene rings is 3. The lowest BCUT2D eigenvalue weighted by molar-refractivity contribution is -0.129. The second-order valence-corrected chi connectivity index (χ2v) is 7.97. The van der Waals surface area contributed by atoms with E-state index < -0.39 is 5.97 Å². The minimum atomic E-state index is -0.534. The van der Waals surface area contributed by atoms with Gasteiger partial charge in [0, 0.05) is 11.6 Å². The van der Waals surface area contributed by atoms with Crippen LogP contribution in [0.15, 0.2) is 71.4 Å². The zero-order chi connectivity index (χ0) is 24.8. The average Bonchev–Trinajstić information content (AvgIpc) is 3.22. The maximum atomic E-state index is 12.4. The molecule has 0 saturated heterocycles. The topological polar surface area (TPSA) is 75.6 Å². The molecule has 0 N–H and O–H groups in total. The molecule has 1 heterocycles. The first kappa shape index (κ1) is 24.2. The Bertz CT molecular complexity index is 1300. The Kier molecular flexibility index (Phi) is 7.57. The molecular weight excluding hydrogens is 470 g/mol. The number of methoxy groups -OCH3 is 2. The van der Waals surface area contributed by atoms with E-state index in [1.807, 2.05) is 49.4 Å². The van der Waals surface area contributed by atoms with Gasteiger partial charge in [-0.05, 0) is 54.5 Å². The summed E-state index contributed by atoms with van der Waals surface area (Å²) >= 11 is 6.47. The second kappa shape index (κ2) is 11.0. The van der Waals surface area contributed by atoms with Crippen molar-refractivity contribution in [1.29, 1.82) is 0 Å². The number of halogens is 1. The van der Waals surface area contributed by atoms with Crippen LogP contribution in [0.4, 0.5) is 0 Å². The summed E-state index contributed by atoms with van der Waals surface area (Å²) in [6, 6.07) is 18.3. The van der Waals surface area contributed by atoms with Crippen molar-refractivity contribution >= 4 is 29.5 Å². The van der Waals surface area contributed by atoms with E-state index in [0.717, 1.165) is 11.1 Å². The fourth-order valence-corrected chi connectivity index (χ4v) is 3.73. The summed E-state index contributed by atoms with van der Waals surface area (Å²) in [6.45, 7) is 2.46. The van der Waals surface area contributed by atoms with Crippen molar-refractivity contribution in [3.63, 3.8) is 0 Å². The molecule has 0 radical (unpaired) electrons. The van der Waals surface area contributed by atoms with Crippen LogP contribution in [0.25, 0.3) is 6.08 Å². The molecule has 0 aromatic heterocycles. The van der Waals surface area contributed by atoms with Crippen molar-refractivity contribution in [2.45, 2.75) is 6.92 Å². The molecule has 4 rings (SSSR count). The summed E-state index contributed by atoms with van der Waals surface area (Å²) in [5.41, 5.74) is 2.51. The Hall–Kier alpha value is -3.97. The smallest absolute Gasteiger partial charge is 0.363 e. The minimum Gasteiger partial charge on any atom is -0.497 e. The van der Waals surface area contributed by atoms with E-state index in [1.54, 1.807) is 31.4 Å². The quantitative estimate of drug-likeness (QED) is 0.223. The molecule has 1 aliphatic heterocycles. The van der Waals surface area contributed by atoms with E-state index in [4.69, 9.17) is 35.3 Å². The van der Waals surface area contributed by atoms with Gasteiger partial charge >= 0.3 is 5.97 Å². The number of hydrogen-bond acceptors (Lipinski definition) is 7. The maximum Gasteiger partial charge on any atom is 0.363 e. The predicted octanol–water partition coefficient (Wildman–Crippen LogP) is 5.47. The van der Waals surface area contributed by atoms with Crippen molar-refractivity contribution in [3.8, 4) is 23.0 Å². The van der Waals surface area contributed by atoms with E-state index in [1.165, 1.54) is 7.11 Å². The molecule has 0 bridgehead atoms. The zero-order valence-corrected chi connectivity index (χ0v) is 20.3. The van der Waals surface area contributed by atoms with Crippen LogP contribution in [0, 0.1) is 6.92 Å². The van der Waals surface area contributed by atoms with Gasteiger partial charge in [0.15, 0.2) is 17.2 Å². The van der Waals surface area contributed by atoms with Crippen molar-refractivity contribution in [2.75, 3.05) is 27.4 Å². The molecule has 8 heteroatoms. The van der Waals surface area contributed by atoms with E-state index in [-0.39, 0.29) is 18.2 Å². The van der Waals surface area contributed by atoms with Gasteiger partial charge < -0.3 is 23.7 Å². The molecule has 0 fully saturated rings. The second-order valence-electron chi connectivity index (χ2n) is 7.56. The van der Waals surface area contributed by atoms with Crippen molar-refractivity contribution in [2.24, 2.45) is 4.99 Å². The Morgan fingerprint density at radius 1 is 0.943 bits per heavy atom. The monoisotopic (exact) mass is 493 g/mol. The standard InChI is InChI=1S/C27H24ClNO6/c1-17-7-4-5-10-21(17)26-29-23(27(30)35-26)14-18-13-22(28)25(24(15-18)32-3)34-12-11-33-20-9-6-8-19(16-20)31-2/h4-10,13-16H,11-12H2,1-3H3/b23-14+.